The van der Waals surface area contributed by atoms with Crippen LogP contribution in [-0.4, -0.2) is 15.9 Å². The fourth-order valence-electron chi connectivity index (χ4n) is 2.19. The number of hydrogen-bond donors (Lipinski definition) is 2. The predicted molar refractivity (Wildman–Crippen MR) is 101 cm³/mol. The number of benzene rings is 2. The molecule has 0 radical (unpaired) electrons. The van der Waals surface area contributed by atoms with Crippen LogP contribution < -0.4 is 10.6 Å². The Balaban J connectivity index is 1.80. The SMILES string of the molecule is Cc1cccc(NC(=O)c2ccnc(Nc3c(Cl)cccc3Cl)n2)c1. The molecule has 3 aromatic rings. The van der Waals surface area contributed by atoms with Gasteiger partial charge in [-0.2, -0.15) is 0 Å². The van der Waals surface area contributed by atoms with Gasteiger partial charge in [0.25, 0.3) is 5.91 Å². The van der Waals surface area contributed by atoms with Crippen molar-refractivity contribution in [2.45, 2.75) is 6.92 Å². The fourth-order valence-corrected chi connectivity index (χ4v) is 2.68. The monoisotopic (exact) mass is 372 g/mol. The van der Waals surface area contributed by atoms with Crippen LogP contribution in [0, 0.1) is 6.92 Å². The highest BCUT2D eigenvalue weighted by Crippen LogP contribution is 2.31. The minimum Gasteiger partial charge on any atom is -0.322 e. The quantitative estimate of drug-likeness (QED) is 0.669. The molecule has 2 N–H and O–H groups in total. The number of anilines is 3. The van der Waals surface area contributed by atoms with Crippen LogP contribution in [0.2, 0.25) is 10.0 Å². The molecule has 0 unspecified atom stereocenters. The highest BCUT2D eigenvalue weighted by atomic mass is 35.5. The first-order valence-electron chi connectivity index (χ1n) is 7.45. The lowest BCUT2D eigenvalue weighted by atomic mass is 10.2. The van der Waals surface area contributed by atoms with E-state index in [1.807, 2.05) is 31.2 Å². The van der Waals surface area contributed by atoms with E-state index in [4.69, 9.17) is 23.2 Å². The first kappa shape index (κ1) is 17.2. The smallest absolute Gasteiger partial charge is 0.274 e. The largest absolute Gasteiger partial charge is 0.322 e. The molecule has 1 heterocycles. The summed E-state index contributed by atoms with van der Waals surface area (Å²) in [7, 11) is 0. The third kappa shape index (κ3) is 4.26. The Labute approximate surface area is 155 Å². The number of para-hydroxylation sites is 1. The number of rotatable bonds is 4. The Bertz CT molecular complexity index is 910. The third-order valence-corrected chi connectivity index (χ3v) is 3.99. The molecular weight excluding hydrogens is 359 g/mol. The first-order chi connectivity index (χ1) is 12.0. The highest BCUT2D eigenvalue weighted by Gasteiger charge is 2.11. The third-order valence-electron chi connectivity index (χ3n) is 3.36. The van der Waals surface area contributed by atoms with Crippen molar-refractivity contribution in [1.82, 2.24) is 9.97 Å². The zero-order valence-corrected chi connectivity index (χ0v) is 14.8. The van der Waals surface area contributed by atoms with Crippen molar-refractivity contribution in [2.24, 2.45) is 0 Å². The van der Waals surface area contributed by atoms with Crippen LogP contribution in [0.1, 0.15) is 16.1 Å². The van der Waals surface area contributed by atoms with Crippen molar-refractivity contribution < 1.29 is 4.79 Å². The summed E-state index contributed by atoms with van der Waals surface area (Å²) >= 11 is 12.2. The van der Waals surface area contributed by atoms with E-state index in [1.54, 1.807) is 18.2 Å². The number of amides is 1. The van der Waals surface area contributed by atoms with E-state index in [9.17, 15) is 4.79 Å². The first-order valence-corrected chi connectivity index (χ1v) is 8.20. The minimum atomic E-state index is -0.332. The van der Waals surface area contributed by atoms with Crippen molar-refractivity contribution in [3.05, 3.63) is 76.0 Å². The van der Waals surface area contributed by atoms with Crippen LogP contribution in [0.4, 0.5) is 17.3 Å². The molecule has 7 heteroatoms. The minimum absolute atomic E-state index is 0.224. The topological polar surface area (TPSA) is 66.9 Å². The van der Waals surface area contributed by atoms with E-state index < -0.39 is 0 Å². The normalized spacial score (nSPS) is 10.4. The van der Waals surface area contributed by atoms with Gasteiger partial charge in [-0.05, 0) is 42.8 Å². The summed E-state index contributed by atoms with van der Waals surface area (Å²) in [6.45, 7) is 1.95. The van der Waals surface area contributed by atoms with E-state index in [0.717, 1.165) is 5.56 Å². The van der Waals surface area contributed by atoms with Gasteiger partial charge in [0.1, 0.15) is 5.69 Å². The van der Waals surface area contributed by atoms with Gasteiger partial charge in [0.2, 0.25) is 5.95 Å². The molecule has 3 rings (SSSR count). The second kappa shape index (κ2) is 7.51. The lowest BCUT2D eigenvalue weighted by molar-refractivity contribution is 0.102. The van der Waals surface area contributed by atoms with Gasteiger partial charge in [-0.1, -0.05) is 41.4 Å². The molecule has 0 bridgehead atoms. The van der Waals surface area contributed by atoms with Crippen LogP contribution in [0.3, 0.4) is 0 Å². The van der Waals surface area contributed by atoms with Crippen LogP contribution >= 0.6 is 23.2 Å². The number of carbonyl (C=O) groups excluding carboxylic acids is 1. The molecule has 126 valence electrons. The lowest BCUT2D eigenvalue weighted by Gasteiger charge is -2.10. The Hall–Kier alpha value is -2.63. The van der Waals surface area contributed by atoms with Gasteiger partial charge in [-0.15, -0.1) is 0 Å². The summed E-state index contributed by atoms with van der Waals surface area (Å²) in [5, 5.41) is 6.62. The van der Waals surface area contributed by atoms with Crippen LogP contribution in [0.25, 0.3) is 0 Å². The second-order valence-electron chi connectivity index (χ2n) is 5.31. The van der Waals surface area contributed by atoms with Crippen molar-refractivity contribution in [2.75, 3.05) is 10.6 Å². The van der Waals surface area contributed by atoms with Crippen molar-refractivity contribution in [3.63, 3.8) is 0 Å². The Morgan fingerprint density at radius 3 is 2.48 bits per heavy atom. The Kier molecular flexibility index (Phi) is 5.16. The molecule has 0 spiro atoms. The molecule has 25 heavy (non-hydrogen) atoms. The molecule has 5 nitrogen and oxygen atoms in total. The number of halogens is 2. The number of aryl methyl sites for hydroxylation is 1. The average molecular weight is 373 g/mol. The summed E-state index contributed by atoms with van der Waals surface area (Å²) in [6.07, 6.45) is 1.49. The van der Waals surface area contributed by atoms with Gasteiger partial charge in [0.15, 0.2) is 0 Å². The number of aromatic nitrogens is 2. The predicted octanol–water partition coefficient (Wildman–Crippen LogP) is 5.09. The van der Waals surface area contributed by atoms with E-state index >= 15 is 0 Å². The number of carbonyl (C=O) groups is 1. The lowest BCUT2D eigenvalue weighted by Crippen LogP contribution is -2.14. The van der Waals surface area contributed by atoms with Gasteiger partial charge >= 0.3 is 0 Å². The fraction of sp³-hybridized carbons (Fsp3) is 0.0556. The molecule has 0 aliphatic carbocycles. The zero-order valence-electron chi connectivity index (χ0n) is 13.3. The molecule has 0 aliphatic heterocycles. The molecule has 2 aromatic carbocycles. The van der Waals surface area contributed by atoms with Gasteiger partial charge in [0, 0.05) is 11.9 Å². The van der Waals surface area contributed by atoms with Crippen molar-refractivity contribution in [3.8, 4) is 0 Å². The van der Waals surface area contributed by atoms with E-state index in [0.29, 0.717) is 21.4 Å². The number of nitrogens with one attached hydrogen (secondary N) is 2. The van der Waals surface area contributed by atoms with Crippen LogP contribution in [0.15, 0.2) is 54.7 Å². The maximum absolute atomic E-state index is 12.4. The van der Waals surface area contributed by atoms with E-state index in [-0.39, 0.29) is 17.5 Å². The van der Waals surface area contributed by atoms with Gasteiger partial charge in [0.05, 0.1) is 15.7 Å². The Morgan fingerprint density at radius 1 is 1.04 bits per heavy atom. The summed E-state index contributed by atoms with van der Waals surface area (Å²) in [5.74, 6) is -0.104. The summed E-state index contributed by atoms with van der Waals surface area (Å²) in [5.41, 5.74) is 2.47. The van der Waals surface area contributed by atoms with E-state index in [2.05, 4.69) is 20.6 Å². The average Bonchev–Trinajstić information content (AvgIpc) is 2.58. The summed E-state index contributed by atoms with van der Waals surface area (Å²) in [6, 6.07) is 14.2. The summed E-state index contributed by atoms with van der Waals surface area (Å²) in [4.78, 5) is 20.7. The molecule has 1 aromatic heterocycles. The molecule has 1 amide bonds. The highest BCUT2D eigenvalue weighted by molar-refractivity contribution is 6.39. The molecule has 0 aliphatic rings. The van der Waals surface area contributed by atoms with Crippen LogP contribution in [-0.2, 0) is 0 Å². The van der Waals surface area contributed by atoms with Crippen molar-refractivity contribution >= 4 is 46.4 Å². The van der Waals surface area contributed by atoms with E-state index in [1.165, 1.54) is 12.3 Å². The maximum atomic E-state index is 12.4. The molecule has 0 saturated heterocycles. The number of nitrogens with zero attached hydrogens (tertiary/aromatic N) is 2. The van der Waals surface area contributed by atoms with Crippen molar-refractivity contribution in [1.29, 1.82) is 0 Å². The molecule has 0 atom stereocenters. The second-order valence-corrected chi connectivity index (χ2v) is 6.13. The zero-order chi connectivity index (χ0) is 17.8. The van der Waals surface area contributed by atoms with Gasteiger partial charge in [-0.25, -0.2) is 9.97 Å². The summed E-state index contributed by atoms with van der Waals surface area (Å²) < 4.78 is 0. The number of hydrogen-bond acceptors (Lipinski definition) is 4. The molecule has 0 fully saturated rings. The molecule has 0 saturated carbocycles. The Morgan fingerprint density at radius 2 is 1.76 bits per heavy atom. The standard InChI is InChI=1S/C18H14Cl2N4O/c1-11-4-2-5-12(10-11)22-17(25)15-8-9-21-18(23-15)24-16-13(19)6-3-7-14(16)20/h2-10H,1H3,(H,22,25)(H,21,23,24). The maximum Gasteiger partial charge on any atom is 0.274 e. The van der Waals surface area contributed by atoms with Gasteiger partial charge in [-0.3, -0.25) is 4.79 Å². The van der Waals surface area contributed by atoms with Gasteiger partial charge < -0.3 is 10.6 Å². The molecular formula is C18H14Cl2N4O. The van der Waals surface area contributed by atoms with Crippen LogP contribution in [0.5, 0.6) is 0 Å².